The van der Waals surface area contributed by atoms with Gasteiger partial charge in [-0.1, -0.05) is 0 Å². The summed E-state index contributed by atoms with van der Waals surface area (Å²) in [7, 11) is 0. The van der Waals surface area contributed by atoms with Crippen molar-refractivity contribution in [1.29, 1.82) is 0 Å². The molecule has 1 atom stereocenters. The molecule has 1 heterocycles. The van der Waals surface area contributed by atoms with Crippen molar-refractivity contribution >= 4 is 17.0 Å². The van der Waals surface area contributed by atoms with E-state index in [-0.39, 0.29) is 11.7 Å². The van der Waals surface area contributed by atoms with Crippen molar-refractivity contribution in [2.45, 2.75) is 26.8 Å². The van der Waals surface area contributed by atoms with Crippen LogP contribution in [0.4, 0.5) is 18.9 Å². The minimum atomic E-state index is -1.20. The third-order valence-corrected chi connectivity index (χ3v) is 3.95. The Morgan fingerprint density at radius 1 is 1.21 bits per heavy atom. The number of aryl methyl sites for hydroxylation is 2. The van der Waals surface area contributed by atoms with Crippen LogP contribution in [0, 0.1) is 31.3 Å². The van der Waals surface area contributed by atoms with Gasteiger partial charge in [-0.2, -0.15) is 0 Å². The van der Waals surface area contributed by atoms with Gasteiger partial charge in [0.2, 0.25) is 0 Å². The molecule has 1 aromatic carbocycles. The summed E-state index contributed by atoms with van der Waals surface area (Å²) in [5, 5.41) is 3.67. The number of hydrogen-bond acceptors (Lipinski definition) is 3. The van der Waals surface area contributed by atoms with Gasteiger partial charge in [0.05, 0.1) is 22.4 Å². The van der Waals surface area contributed by atoms with Gasteiger partial charge >= 0.3 is 0 Å². The van der Waals surface area contributed by atoms with Crippen molar-refractivity contribution in [3.63, 3.8) is 0 Å². The second kappa shape index (κ2) is 5.21. The van der Waals surface area contributed by atoms with E-state index in [9.17, 15) is 13.2 Å². The highest BCUT2D eigenvalue weighted by atomic mass is 32.1. The summed E-state index contributed by atoms with van der Waals surface area (Å²) >= 11 is 1.47. The lowest BCUT2D eigenvalue weighted by Crippen LogP contribution is -2.09. The summed E-state index contributed by atoms with van der Waals surface area (Å²) in [5.41, 5.74) is 0.648. The fourth-order valence-electron chi connectivity index (χ4n) is 1.91. The van der Waals surface area contributed by atoms with Gasteiger partial charge in [0.1, 0.15) is 5.82 Å². The maximum Gasteiger partial charge on any atom is 0.182 e. The minimum absolute atomic E-state index is 0.185. The second-order valence-corrected chi connectivity index (χ2v) is 5.53. The molecule has 0 fully saturated rings. The van der Waals surface area contributed by atoms with Crippen LogP contribution in [0.25, 0.3) is 0 Å². The number of aromatic nitrogens is 1. The lowest BCUT2D eigenvalue weighted by atomic mass is 10.2. The van der Waals surface area contributed by atoms with Crippen LogP contribution >= 0.6 is 11.3 Å². The van der Waals surface area contributed by atoms with Crippen molar-refractivity contribution in [2.75, 3.05) is 5.32 Å². The predicted octanol–water partition coefficient (Wildman–Crippen LogP) is 4.35. The van der Waals surface area contributed by atoms with E-state index >= 15 is 0 Å². The Morgan fingerprint density at radius 2 is 1.89 bits per heavy atom. The average Bonchev–Trinajstić information content (AvgIpc) is 2.64. The van der Waals surface area contributed by atoms with Gasteiger partial charge in [-0.25, -0.2) is 18.2 Å². The molecule has 0 aliphatic heterocycles. The molecule has 0 saturated carbocycles. The molecule has 0 bridgehead atoms. The van der Waals surface area contributed by atoms with Gasteiger partial charge < -0.3 is 5.32 Å². The van der Waals surface area contributed by atoms with Crippen LogP contribution in [-0.2, 0) is 0 Å². The van der Waals surface area contributed by atoms with E-state index in [0.717, 1.165) is 21.6 Å². The number of thiazole rings is 1. The first-order valence-corrected chi connectivity index (χ1v) is 6.55. The largest absolute Gasteiger partial charge is 0.375 e. The summed E-state index contributed by atoms with van der Waals surface area (Å²) in [6.45, 7) is 5.51. The highest BCUT2D eigenvalue weighted by molar-refractivity contribution is 7.11. The number of anilines is 1. The molecule has 102 valence electrons. The number of nitrogens with zero attached hydrogens (tertiary/aromatic N) is 1. The zero-order valence-electron chi connectivity index (χ0n) is 10.7. The summed E-state index contributed by atoms with van der Waals surface area (Å²) in [5.74, 6) is -3.09. The van der Waals surface area contributed by atoms with Gasteiger partial charge in [0.25, 0.3) is 0 Å². The molecule has 2 rings (SSSR count). The molecular weight excluding hydrogens is 273 g/mol. The molecule has 6 heteroatoms. The zero-order valence-corrected chi connectivity index (χ0v) is 11.5. The van der Waals surface area contributed by atoms with Gasteiger partial charge in [-0.15, -0.1) is 11.3 Å². The normalized spacial score (nSPS) is 12.5. The molecule has 1 N–H and O–H groups in total. The summed E-state index contributed by atoms with van der Waals surface area (Å²) < 4.78 is 39.7. The van der Waals surface area contributed by atoms with E-state index in [0.29, 0.717) is 6.07 Å². The van der Waals surface area contributed by atoms with E-state index in [1.165, 1.54) is 11.3 Å². The fraction of sp³-hybridized carbons (Fsp3) is 0.308. The Morgan fingerprint density at radius 3 is 2.47 bits per heavy atom. The Hall–Kier alpha value is -1.56. The molecule has 1 aromatic heterocycles. The molecular formula is C13H13F3N2S. The number of nitrogens with one attached hydrogen (secondary N) is 1. The molecule has 2 aromatic rings. The van der Waals surface area contributed by atoms with Gasteiger partial charge in [-0.05, 0) is 20.8 Å². The van der Waals surface area contributed by atoms with E-state index in [2.05, 4.69) is 10.3 Å². The Bertz CT molecular complexity index is 610. The molecule has 0 amide bonds. The minimum Gasteiger partial charge on any atom is -0.375 e. The monoisotopic (exact) mass is 286 g/mol. The molecule has 0 aliphatic carbocycles. The quantitative estimate of drug-likeness (QED) is 0.848. The third kappa shape index (κ3) is 2.89. The maximum absolute atomic E-state index is 13.5. The van der Waals surface area contributed by atoms with Crippen LogP contribution in [0.15, 0.2) is 12.1 Å². The van der Waals surface area contributed by atoms with Crippen molar-refractivity contribution in [3.8, 4) is 0 Å². The standard InChI is InChI=1S/C13H13F3N2S/c1-6-13(19-8(3)17-6)7(2)18-11-5-9(14)4-10(15)12(11)16/h4-5,7,18H,1-3H3. The number of rotatable bonds is 3. The number of halogens is 3. The van der Waals surface area contributed by atoms with Crippen LogP contribution in [0.5, 0.6) is 0 Å². The molecule has 0 radical (unpaired) electrons. The molecule has 1 unspecified atom stereocenters. The smallest absolute Gasteiger partial charge is 0.182 e. The van der Waals surface area contributed by atoms with Crippen molar-refractivity contribution < 1.29 is 13.2 Å². The van der Waals surface area contributed by atoms with E-state index in [1.807, 2.05) is 13.8 Å². The molecule has 0 saturated heterocycles. The number of hydrogen-bond donors (Lipinski definition) is 1. The van der Waals surface area contributed by atoms with Crippen molar-refractivity contribution in [2.24, 2.45) is 0 Å². The topological polar surface area (TPSA) is 24.9 Å². The maximum atomic E-state index is 13.5. The van der Waals surface area contributed by atoms with Crippen molar-refractivity contribution in [3.05, 3.63) is 45.2 Å². The van der Waals surface area contributed by atoms with Gasteiger partial charge in [0.15, 0.2) is 11.6 Å². The van der Waals surface area contributed by atoms with Gasteiger partial charge in [-0.3, -0.25) is 0 Å². The Labute approximate surface area is 113 Å². The molecule has 19 heavy (non-hydrogen) atoms. The Balaban J connectivity index is 2.29. The molecule has 0 aliphatic rings. The lowest BCUT2D eigenvalue weighted by Gasteiger charge is -2.15. The highest BCUT2D eigenvalue weighted by Gasteiger charge is 2.17. The predicted molar refractivity (Wildman–Crippen MR) is 69.9 cm³/mol. The van der Waals surface area contributed by atoms with E-state index < -0.39 is 17.5 Å². The van der Waals surface area contributed by atoms with Crippen LogP contribution in [0.2, 0.25) is 0 Å². The third-order valence-electron chi connectivity index (χ3n) is 2.70. The van der Waals surface area contributed by atoms with Gasteiger partial charge in [0, 0.05) is 17.0 Å². The van der Waals surface area contributed by atoms with Crippen LogP contribution in [-0.4, -0.2) is 4.98 Å². The molecule has 2 nitrogen and oxygen atoms in total. The summed E-state index contributed by atoms with van der Waals surface area (Å²) in [6.07, 6.45) is 0. The lowest BCUT2D eigenvalue weighted by molar-refractivity contribution is 0.496. The average molecular weight is 286 g/mol. The fourth-order valence-corrected chi connectivity index (χ4v) is 2.84. The van der Waals surface area contributed by atoms with Crippen LogP contribution in [0.3, 0.4) is 0 Å². The molecule has 0 spiro atoms. The zero-order chi connectivity index (χ0) is 14.2. The van der Waals surface area contributed by atoms with Crippen LogP contribution < -0.4 is 5.32 Å². The summed E-state index contributed by atoms with van der Waals surface area (Å²) in [6, 6.07) is 1.19. The van der Waals surface area contributed by atoms with Crippen LogP contribution in [0.1, 0.15) is 28.5 Å². The first-order valence-electron chi connectivity index (χ1n) is 5.73. The summed E-state index contributed by atoms with van der Waals surface area (Å²) in [4.78, 5) is 5.19. The SMILES string of the molecule is Cc1nc(C)c(C(C)Nc2cc(F)cc(F)c2F)s1. The Kier molecular flexibility index (Phi) is 3.80. The second-order valence-electron chi connectivity index (χ2n) is 4.30. The number of benzene rings is 1. The van der Waals surface area contributed by atoms with E-state index in [1.54, 1.807) is 6.92 Å². The first-order chi connectivity index (χ1) is 8.88. The first kappa shape index (κ1) is 13.9. The van der Waals surface area contributed by atoms with Crippen molar-refractivity contribution in [1.82, 2.24) is 4.98 Å². The van der Waals surface area contributed by atoms with E-state index in [4.69, 9.17) is 0 Å². The highest BCUT2D eigenvalue weighted by Crippen LogP contribution is 2.29.